The minimum Gasteiger partial charge on any atom is -0.407 e. The Kier molecular flexibility index (Phi) is 14.7. The van der Waals surface area contributed by atoms with E-state index < -0.39 is 8.32 Å². The van der Waals surface area contributed by atoms with E-state index in [0.717, 1.165) is 36.0 Å². The van der Waals surface area contributed by atoms with Crippen LogP contribution in [0.1, 0.15) is 65.5 Å². The molecule has 0 saturated heterocycles. The average molecular weight is 519 g/mol. The van der Waals surface area contributed by atoms with Crippen molar-refractivity contribution >= 4 is 8.32 Å². The van der Waals surface area contributed by atoms with Gasteiger partial charge in [0.25, 0.3) is 0 Å². The van der Waals surface area contributed by atoms with Gasteiger partial charge >= 0.3 is 0 Å². The molecular formula is C30H50O5Si. The fourth-order valence-corrected chi connectivity index (χ4v) is 4.78. The predicted molar refractivity (Wildman–Crippen MR) is 153 cm³/mol. The molecule has 0 unspecified atom stereocenters. The third kappa shape index (κ3) is 11.2. The Balaban J connectivity index is 3.12. The summed E-state index contributed by atoms with van der Waals surface area (Å²) in [6.45, 7) is 15.6. The number of rotatable bonds is 16. The van der Waals surface area contributed by atoms with Crippen molar-refractivity contribution < 1.29 is 23.7 Å². The Morgan fingerprint density at radius 2 is 1.75 bits per heavy atom. The van der Waals surface area contributed by atoms with Gasteiger partial charge in [0, 0.05) is 14.2 Å². The van der Waals surface area contributed by atoms with Gasteiger partial charge in [0.05, 0.1) is 12.7 Å². The third-order valence-corrected chi connectivity index (χ3v) is 11.4. The summed E-state index contributed by atoms with van der Waals surface area (Å²) in [5, 5.41) is 9.22. The van der Waals surface area contributed by atoms with E-state index in [1.165, 1.54) is 0 Å². The van der Waals surface area contributed by atoms with E-state index in [0.29, 0.717) is 0 Å². The molecule has 0 aliphatic heterocycles. The van der Waals surface area contributed by atoms with Gasteiger partial charge in [-0.05, 0) is 62.4 Å². The molecule has 0 bridgehead atoms. The summed E-state index contributed by atoms with van der Waals surface area (Å²) in [5.74, 6) is 0. The summed E-state index contributed by atoms with van der Waals surface area (Å²) in [7, 11) is 1.31. The lowest BCUT2D eigenvalue weighted by molar-refractivity contribution is -0.0909. The number of ether oxygens (including phenoxy) is 3. The molecule has 0 fully saturated rings. The highest BCUT2D eigenvalue weighted by atomic mass is 28.4. The molecule has 5 nitrogen and oxygen atoms in total. The van der Waals surface area contributed by atoms with E-state index >= 15 is 0 Å². The largest absolute Gasteiger partial charge is 0.407 e. The van der Waals surface area contributed by atoms with Crippen molar-refractivity contribution in [3.63, 3.8) is 0 Å². The van der Waals surface area contributed by atoms with Gasteiger partial charge in [0.1, 0.15) is 19.0 Å². The minimum absolute atomic E-state index is 0.0456. The van der Waals surface area contributed by atoms with E-state index in [-0.39, 0.29) is 36.7 Å². The van der Waals surface area contributed by atoms with Crippen LogP contribution in [0.3, 0.4) is 0 Å². The van der Waals surface area contributed by atoms with Gasteiger partial charge in [-0.3, -0.25) is 0 Å². The van der Waals surface area contributed by atoms with Crippen molar-refractivity contribution in [2.24, 2.45) is 0 Å². The normalized spacial score (nSPS) is 16.4. The molecule has 36 heavy (non-hydrogen) atoms. The van der Waals surface area contributed by atoms with Crippen LogP contribution < -0.4 is 0 Å². The molecule has 3 atom stereocenters. The van der Waals surface area contributed by atoms with Crippen LogP contribution in [-0.2, 0) is 18.6 Å². The molecule has 0 amide bonds. The lowest BCUT2D eigenvalue weighted by atomic mass is 10.0. The molecule has 0 saturated carbocycles. The second kappa shape index (κ2) is 16.3. The van der Waals surface area contributed by atoms with Gasteiger partial charge < -0.3 is 23.7 Å². The molecule has 1 N–H and O–H groups in total. The van der Waals surface area contributed by atoms with E-state index in [4.69, 9.17) is 23.7 Å². The zero-order chi connectivity index (χ0) is 27.2. The second-order valence-electron chi connectivity index (χ2n) is 10.9. The standard InChI is InChI=1S/C30H50O5Si/c1-24(22-31)16-13-14-20-27(33-7)25(2)17-15-21-28(34-23-32-6)29(26-18-11-10-12-19-26)35-36(8,9)30(3,4)5/h10-12,15-19,21,27-29,31H,13-14,20,22-23H2,1-9H3/b21-15+,24-16+,25-17+/t27-,28-,29-/m1/s1. The number of aliphatic hydroxyl groups is 1. The van der Waals surface area contributed by atoms with E-state index in [2.05, 4.69) is 71.1 Å². The first-order valence-electron chi connectivity index (χ1n) is 12.9. The smallest absolute Gasteiger partial charge is 0.193 e. The summed E-state index contributed by atoms with van der Waals surface area (Å²) in [4.78, 5) is 0. The highest BCUT2D eigenvalue weighted by molar-refractivity contribution is 6.74. The number of aliphatic hydroxyl groups excluding tert-OH is 1. The van der Waals surface area contributed by atoms with Gasteiger partial charge in [0.2, 0.25) is 0 Å². The molecule has 0 aromatic heterocycles. The maximum absolute atomic E-state index is 9.15. The number of methoxy groups -OCH3 is 2. The molecule has 0 spiro atoms. The first kappa shape index (κ1) is 32.5. The fourth-order valence-electron chi connectivity index (χ4n) is 3.52. The molecule has 0 aliphatic carbocycles. The summed E-state index contributed by atoms with van der Waals surface area (Å²) < 4.78 is 24.1. The molecule has 6 heteroatoms. The van der Waals surface area contributed by atoms with Crippen molar-refractivity contribution in [1.29, 1.82) is 0 Å². The van der Waals surface area contributed by atoms with Crippen molar-refractivity contribution in [1.82, 2.24) is 0 Å². The van der Waals surface area contributed by atoms with Crippen LogP contribution in [0.5, 0.6) is 0 Å². The molecule has 1 aromatic rings. The number of unbranched alkanes of at least 4 members (excludes halogenated alkanes) is 1. The third-order valence-electron chi connectivity index (χ3n) is 6.90. The van der Waals surface area contributed by atoms with Gasteiger partial charge in [-0.1, -0.05) is 81.0 Å². The Morgan fingerprint density at radius 1 is 1.08 bits per heavy atom. The Hall–Kier alpha value is -1.54. The summed E-state index contributed by atoms with van der Waals surface area (Å²) in [6.07, 6.45) is 10.7. The number of benzene rings is 1. The lowest BCUT2D eigenvalue weighted by Crippen LogP contribution is -2.44. The molecule has 0 heterocycles. The topological polar surface area (TPSA) is 57.2 Å². The second-order valence-corrected chi connectivity index (χ2v) is 15.7. The number of hydrogen-bond acceptors (Lipinski definition) is 5. The Morgan fingerprint density at radius 3 is 2.31 bits per heavy atom. The van der Waals surface area contributed by atoms with Crippen molar-refractivity contribution in [3.05, 3.63) is 71.3 Å². The molecule has 1 rings (SSSR count). The van der Waals surface area contributed by atoms with Crippen molar-refractivity contribution in [3.8, 4) is 0 Å². The molecule has 0 radical (unpaired) electrons. The number of allylic oxidation sites excluding steroid dienone is 3. The van der Waals surface area contributed by atoms with Crippen LogP contribution in [0.2, 0.25) is 18.1 Å². The lowest BCUT2D eigenvalue weighted by Gasteiger charge is -2.41. The summed E-state index contributed by atoms with van der Waals surface area (Å²) >= 11 is 0. The SMILES string of the molecule is COCO[C@H](/C=C/C=C(\C)[C@@H](CCC/C=C(\C)CO)OC)[C@H](O[Si](C)(C)C(C)(C)C)c1ccccc1. The van der Waals surface area contributed by atoms with Gasteiger partial charge in [-0.2, -0.15) is 0 Å². The highest BCUT2D eigenvalue weighted by Crippen LogP contribution is 2.41. The summed E-state index contributed by atoms with van der Waals surface area (Å²) in [6, 6.07) is 10.3. The van der Waals surface area contributed by atoms with Crippen LogP contribution in [0.4, 0.5) is 0 Å². The first-order chi connectivity index (χ1) is 17.0. The van der Waals surface area contributed by atoms with E-state index in [9.17, 15) is 0 Å². The van der Waals surface area contributed by atoms with Crippen LogP contribution in [0.15, 0.2) is 65.8 Å². The van der Waals surface area contributed by atoms with Gasteiger partial charge in [-0.15, -0.1) is 0 Å². The zero-order valence-electron chi connectivity index (χ0n) is 24.0. The molecule has 204 valence electrons. The van der Waals surface area contributed by atoms with E-state index in [1.54, 1.807) is 14.2 Å². The van der Waals surface area contributed by atoms with Crippen LogP contribution in [0, 0.1) is 0 Å². The minimum atomic E-state index is -2.08. The maximum atomic E-state index is 9.15. The molecule has 0 aliphatic rings. The van der Waals surface area contributed by atoms with Gasteiger partial charge in [0.15, 0.2) is 8.32 Å². The summed E-state index contributed by atoms with van der Waals surface area (Å²) in [5.41, 5.74) is 3.26. The Bertz CT molecular complexity index is 823. The Labute approximate surface area is 221 Å². The average Bonchev–Trinajstić information content (AvgIpc) is 2.84. The number of hydrogen-bond donors (Lipinski definition) is 1. The first-order valence-corrected chi connectivity index (χ1v) is 15.8. The van der Waals surface area contributed by atoms with Gasteiger partial charge in [-0.25, -0.2) is 0 Å². The monoisotopic (exact) mass is 518 g/mol. The zero-order valence-corrected chi connectivity index (χ0v) is 25.0. The van der Waals surface area contributed by atoms with E-state index in [1.807, 2.05) is 31.2 Å². The van der Waals surface area contributed by atoms with Crippen molar-refractivity contribution in [2.45, 2.75) is 90.3 Å². The molecular weight excluding hydrogens is 468 g/mol. The predicted octanol–water partition coefficient (Wildman–Crippen LogP) is 7.37. The van der Waals surface area contributed by atoms with Crippen LogP contribution in [0.25, 0.3) is 0 Å². The highest BCUT2D eigenvalue weighted by Gasteiger charge is 2.41. The van der Waals surface area contributed by atoms with Crippen LogP contribution in [-0.4, -0.2) is 53.3 Å². The molecule has 1 aromatic carbocycles. The van der Waals surface area contributed by atoms with Crippen LogP contribution >= 0.6 is 0 Å². The van der Waals surface area contributed by atoms with Crippen molar-refractivity contribution in [2.75, 3.05) is 27.6 Å². The maximum Gasteiger partial charge on any atom is 0.193 e. The fraction of sp³-hybridized carbons (Fsp3) is 0.600. The quantitative estimate of drug-likeness (QED) is 0.0814.